The number of nitrogens with one attached hydrogen (secondary N) is 1. The Kier molecular flexibility index (Phi) is 4.42. The van der Waals surface area contributed by atoms with Gasteiger partial charge in [-0.05, 0) is 19.3 Å². The smallest absolute Gasteiger partial charge is 0.306 e. The summed E-state index contributed by atoms with van der Waals surface area (Å²) in [5.41, 5.74) is 0. The molecule has 0 aliphatic heterocycles. The average molecular weight is 218 g/mol. The van der Waals surface area contributed by atoms with E-state index in [1.54, 1.807) is 0 Å². The van der Waals surface area contributed by atoms with Crippen molar-refractivity contribution in [1.82, 2.24) is 5.32 Å². The molecule has 1 aliphatic carbocycles. The Bertz CT molecular complexity index is 230. The number of halogens is 1. The van der Waals surface area contributed by atoms with Crippen LogP contribution in [0.5, 0.6) is 0 Å². The van der Waals surface area contributed by atoms with Crippen LogP contribution in [-0.2, 0) is 4.79 Å². The molecular formula is C10H16ClNO2. The van der Waals surface area contributed by atoms with E-state index >= 15 is 0 Å². The maximum absolute atomic E-state index is 10.8. The Morgan fingerprint density at radius 1 is 1.57 bits per heavy atom. The van der Waals surface area contributed by atoms with Crippen LogP contribution >= 0.6 is 11.6 Å². The van der Waals surface area contributed by atoms with Gasteiger partial charge in [-0.25, -0.2) is 0 Å². The summed E-state index contributed by atoms with van der Waals surface area (Å²) >= 11 is 5.62. The molecule has 0 radical (unpaired) electrons. The third kappa shape index (κ3) is 3.68. The van der Waals surface area contributed by atoms with Crippen molar-refractivity contribution in [3.63, 3.8) is 0 Å². The predicted octanol–water partition coefficient (Wildman–Crippen LogP) is 1.97. The van der Waals surface area contributed by atoms with Crippen molar-refractivity contribution < 1.29 is 9.90 Å². The van der Waals surface area contributed by atoms with Gasteiger partial charge in [-0.2, -0.15) is 0 Å². The molecule has 1 aliphatic rings. The van der Waals surface area contributed by atoms with E-state index in [0.29, 0.717) is 18.0 Å². The SMILES string of the molecule is C=C(Cl)CNC1CCCC(C(=O)O)C1. The molecule has 1 rings (SSSR count). The summed E-state index contributed by atoms with van der Waals surface area (Å²) in [4.78, 5) is 10.8. The number of carboxylic acid groups (broad SMARTS) is 1. The summed E-state index contributed by atoms with van der Waals surface area (Å²) in [6.45, 7) is 4.15. The summed E-state index contributed by atoms with van der Waals surface area (Å²) in [7, 11) is 0. The van der Waals surface area contributed by atoms with E-state index in [9.17, 15) is 4.79 Å². The van der Waals surface area contributed by atoms with Gasteiger partial charge in [0.2, 0.25) is 0 Å². The topological polar surface area (TPSA) is 49.3 Å². The maximum atomic E-state index is 10.8. The van der Waals surface area contributed by atoms with Crippen molar-refractivity contribution in [3.8, 4) is 0 Å². The van der Waals surface area contributed by atoms with Crippen molar-refractivity contribution >= 4 is 17.6 Å². The molecular weight excluding hydrogens is 202 g/mol. The molecule has 2 N–H and O–H groups in total. The van der Waals surface area contributed by atoms with Gasteiger partial charge >= 0.3 is 5.97 Å². The van der Waals surface area contributed by atoms with Crippen LogP contribution in [0.15, 0.2) is 11.6 Å². The highest BCUT2D eigenvalue weighted by molar-refractivity contribution is 6.29. The molecule has 0 aromatic carbocycles. The van der Waals surface area contributed by atoms with Crippen LogP contribution in [0.25, 0.3) is 0 Å². The third-order valence-electron chi connectivity index (χ3n) is 2.61. The van der Waals surface area contributed by atoms with Crippen molar-refractivity contribution in [2.24, 2.45) is 5.92 Å². The van der Waals surface area contributed by atoms with Gasteiger partial charge in [0.1, 0.15) is 0 Å². The first kappa shape index (κ1) is 11.5. The van der Waals surface area contributed by atoms with E-state index in [1.807, 2.05) is 0 Å². The molecule has 4 heteroatoms. The van der Waals surface area contributed by atoms with Crippen LogP contribution in [0.3, 0.4) is 0 Å². The van der Waals surface area contributed by atoms with Crippen molar-refractivity contribution in [3.05, 3.63) is 11.6 Å². The monoisotopic (exact) mass is 217 g/mol. The zero-order valence-electron chi connectivity index (χ0n) is 8.13. The summed E-state index contributed by atoms with van der Waals surface area (Å²) in [6, 6.07) is 0.278. The van der Waals surface area contributed by atoms with Crippen molar-refractivity contribution in [2.75, 3.05) is 6.54 Å². The molecule has 80 valence electrons. The van der Waals surface area contributed by atoms with E-state index in [0.717, 1.165) is 19.3 Å². The molecule has 14 heavy (non-hydrogen) atoms. The van der Waals surface area contributed by atoms with Gasteiger partial charge in [0.15, 0.2) is 0 Å². The zero-order chi connectivity index (χ0) is 10.6. The van der Waals surface area contributed by atoms with Gasteiger partial charge in [-0.1, -0.05) is 24.6 Å². The fourth-order valence-electron chi connectivity index (χ4n) is 1.85. The predicted molar refractivity (Wildman–Crippen MR) is 56.4 cm³/mol. The number of carboxylic acids is 1. The summed E-state index contributed by atoms with van der Waals surface area (Å²) in [5, 5.41) is 12.6. The van der Waals surface area contributed by atoms with Crippen LogP contribution in [0.2, 0.25) is 0 Å². The number of aliphatic carboxylic acids is 1. The van der Waals surface area contributed by atoms with Crippen LogP contribution in [0.1, 0.15) is 25.7 Å². The highest BCUT2D eigenvalue weighted by Crippen LogP contribution is 2.24. The number of rotatable bonds is 4. The molecule has 3 nitrogen and oxygen atoms in total. The first-order chi connectivity index (χ1) is 6.59. The lowest BCUT2D eigenvalue weighted by Gasteiger charge is -2.27. The minimum atomic E-state index is -0.679. The number of hydrogen-bond donors (Lipinski definition) is 2. The Morgan fingerprint density at radius 2 is 2.29 bits per heavy atom. The van der Waals surface area contributed by atoms with Crippen LogP contribution in [-0.4, -0.2) is 23.7 Å². The molecule has 2 atom stereocenters. The Balaban J connectivity index is 2.32. The Labute approximate surface area is 89.1 Å². The van der Waals surface area contributed by atoms with Gasteiger partial charge in [-0.15, -0.1) is 0 Å². The van der Waals surface area contributed by atoms with Gasteiger partial charge < -0.3 is 10.4 Å². The first-order valence-electron chi connectivity index (χ1n) is 4.89. The summed E-state index contributed by atoms with van der Waals surface area (Å²) in [5.74, 6) is -0.869. The van der Waals surface area contributed by atoms with Gasteiger partial charge in [0.05, 0.1) is 5.92 Å². The van der Waals surface area contributed by atoms with Gasteiger partial charge in [-0.3, -0.25) is 4.79 Å². The zero-order valence-corrected chi connectivity index (χ0v) is 8.89. The quantitative estimate of drug-likeness (QED) is 0.757. The van der Waals surface area contributed by atoms with E-state index in [-0.39, 0.29) is 12.0 Å². The third-order valence-corrected chi connectivity index (χ3v) is 2.74. The molecule has 0 spiro atoms. The van der Waals surface area contributed by atoms with Crippen LogP contribution in [0, 0.1) is 5.92 Å². The van der Waals surface area contributed by atoms with Crippen LogP contribution < -0.4 is 5.32 Å². The lowest BCUT2D eigenvalue weighted by molar-refractivity contribution is -0.143. The van der Waals surface area contributed by atoms with E-state index < -0.39 is 5.97 Å². The average Bonchev–Trinajstić information content (AvgIpc) is 2.15. The molecule has 2 unspecified atom stereocenters. The fourth-order valence-corrected chi connectivity index (χ4v) is 1.93. The highest BCUT2D eigenvalue weighted by atomic mass is 35.5. The first-order valence-corrected chi connectivity index (χ1v) is 5.27. The normalized spacial score (nSPS) is 27.2. The van der Waals surface area contributed by atoms with E-state index in [1.165, 1.54) is 0 Å². The second kappa shape index (κ2) is 5.37. The second-order valence-corrected chi connectivity index (χ2v) is 4.33. The molecule has 0 aromatic heterocycles. The van der Waals surface area contributed by atoms with E-state index in [4.69, 9.17) is 16.7 Å². The number of hydrogen-bond acceptors (Lipinski definition) is 2. The molecule has 1 saturated carbocycles. The van der Waals surface area contributed by atoms with Crippen LogP contribution in [0.4, 0.5) is 0 Å². The van der Waals surface area contributed by atoms with E-state index in [2.05, 4.69) is 11.9 Å². The molecule has 0 heterocycles. The maximum Gasteiger partial charge on any atom is 0.306 e. The number of carbonyl (C=O) groups is 1. The van der Waals surface area contributed by atoms with Crippen molar-refractivity contribution in [2.45, 2.75) is 31.7 Å². The second-order valence-electron chi connectivity index (χ2n) is 3.80. The Morgan fingerprint density at radius 3 is 2.86 bits per heavy atom. The standard InChI is InChI=1S/C10H16ClNO2/c1-7(11)6-12-9-4-2-3-8(5-9)10(13)14/h8-9,12H,1-6H2,(H,13,14). The molecule has 0 bridgehead atoms. The lowest BCUT2D eigenvalue weighted by atomic mass is 9.86. The summed E-state index contributed by atoms with van der Waals surface area (Å²) in [6.07, 6.45) is 3.52. The summed E-state index contributed by atoms with van der Waals surface area (Å²) < 4.78 is 0. The lowest BCUT2D eigenvalue weighted by Crippen LogP contribution is -2.36. The van der Waals surface area contributed by atoms with Crippen molar-refractivity contribution in [1.29, 1.82) is 0 Å². The molecule has 0 aromatic rings. The van der Waals surface area contributed by atoms with Gasteiger partial charge in [0, 0.05) is 17.6 Å². The minimum absolute atomic E-state index is 0.190. The molecule has 0 saturated heterocycles. The Hall–Kier alpha value is -0.540. The highest BCUT2D eigenvalue weighted by Gasteiger charge is 2.26. The molecule has 1 fully saturated rings. The minimum Gasteiger partial charge on any atom is -0.481 e. The van der Waals surface area contributed by atoms with Gasteiger partial charge in [0.25, 0.3) is 0 Å². The molecule has 0 amide bonds. The largest absolute Gasteiger partial charge is 0.481 e. The fraction of sp³-hybridized carbons (Fsp3) is 0.700.